The zero-order chi connectivity index (χ0) is 14.4. The monoisotopic (exact) mass is 284 g/mol. The lowest BCUT2D eigenvalue weighted by molar-refractivity contribution is -0.116. The van der Waals surface area contributed by atoms with Crippen LogP contribution in [-0.4, -0.2) is 5.91 Å². The van der Waals surface area contributed by atoms with Gasteiger partial charge in [0.2, 0.25) is 5.91 Å². The van der Waals surface area contributed by atoms with Crippen LogP contribution in [0.2, 0.25) is 5.02 Å². The van der Waals surface area contributed by atoms with Gasteiger partial charge in [0.05, 0.1) is 22.3 Å². The zero-order valence-corrected chi connectivity index (χ0v) is 11.5. The van der Waals surface area contributed by atoms with Crippen LogP contribution < -0.4 is 5.32 Å². The zero-order valence-electron chi connectivity index (χ0n) is 10.8. The third-order valence-electron chi connectivity index (χ3n) is 2.87. The Bertz CT molecular complexity index is 644. The van der Waals surface area contributed by atoms with Gasteiger partial charge in [-0.05, 0) is 36.2 Å². The maximum atomic E-state index is 11.8. The molecular weight excluding hydrogens is 272 g/mol. The minimum absolute atomic E-state index is 0.0811. The molecule has 1 amide bonds. The van der Waals surface area contributed by atoms with E-state index in [0.29, 0.717) is 29.1 Å². The van der Waals surface area contributed by atoms with E-state index in [9.17, 15) is 4.79 Å². The summed E-state index contributed by atoms with van der Waals surface area (Å²) in [6.45, 7) is 0. The van der Waals surface area contributed by atoms with Crippen LogP contribution >= 0.6 is 11.6 Å². The van der Waals surface area contributed by atoms with Gasteiger partial charge in [-0.1, -0.05) is 35.9 Å². The highest BCUT2D eigenvalue weighted by atomic mass is 35.5. The van der Waals surface area contributed by atoms with E-state index in [-0.39, 0.29) is 5.91 Å². The fraction of sp³-hybridized carbons (Fsp3) is 0.125. The number of nitrogens with zero attached hydrogens (tertiary/aromatic N) is 1. The van der Waals surface area contributed by atoms with Crippen LogP contribution in [0.3, 0.4) is 0 Å². The van der Waals surface area contributed by atoms with Gasteiger partial charge in [-0.25, -0.2) is 0 Å². The maximum absolute atomic E-state index is 11.8. The molecule has 0 heterocycles. The van der Waals surface area contributed by atoms with Crippen molar-refractivity contribution in [2.75, 3.05) is 5.32 Å². The number of nitriles is 1. The highest BCUT2D eigenvalue weighted by Crippen LogP contribution is 2.20. The van der Waals surface area contributed by atoms with Crippen molar-refractivity contribution in [1.29, 1.82) is 5.26 Å². The van der Waals surface area contributed by atoms with Crippen molar-refractivity contribution in [3.63, 3.8) is 0 Å². The fourth-order valence-electron chi connectivity index (χ4n) is 1.78. The fourth-order valence-corrected chi connectivity index (χ4v) is 1.96. The Morgan fingerprint density at radius 2 is 1.85 bits per heavy atom. The summed E-state index contributed by atoms with van der Waals surface area (Å²) < 4.78 is 0. The second kappa shape index (κ2) is 6.74. The molecule has 0 saturated carbocycles. The molecule has 3 nitrogen and oxygen atoms in total. The average Bonchev–Trinajstić information content (AvgIpc) is 2.48. The van der Waals surface area contributed by atoms with Crippen molar-refractivity contribution >= 4 is 23.2 Å². The first-order valence-electron chi connectivity index (χ1n) is 6.22. The van der Waals surface area contributed by atoms with E-state index < -0.39 is 0 Å². The van der Waals surface area contributed by atoms with Gasteiger partial charge in [-0.15, -0.1) is 0 Å². The second-order valence-corrected chi connectivity index (χ2v) is 4.74. The van der Waals surface area contributed by atoms with Crippen molar-refractivity contribution in [2.45, 2.75) is 12.8 Å². The highest BCUT2D eigenvalue weighted by Gasteiger charge is 2.05. The van der Waals surface area contributed by atoms with Crippen molar-refractivity contribution in [3.05, 3.63) is 64.7 Å². The molecule has 0 aliphatic rings. The van der Waals surface area contributed by atoms with Gasteiger partial charge in [-0.2, -0.15) is 5.26 Å². The molecule has 2 aromatic rings. The molecule has 0 bridgehead atoms. The Kier molecular flexibility index (Phi) is 4.75. The molecule has 0 aliphatic carbocycles. The molecular formula is C16H13ClN2O. The molecule has 20 heavy (non-hydrogen) atoms. The predicted molar refractivity (Wildman–Crippen MR) is 79.6 cm³/mol. The van der Waals surface area contributed by atoms with E-state index in [0.717, 1.165) is 5.56 Å². The van der Waals surface area contributed by atoms with E-state index in [1.54, 1.807) is 24.3 Å². The Labute approximate surface area is 122 Å². The Balaban J connectivity index is 1.89. The van der Waals surface area contributed by atoms with E-state index in [2.05, 4.69) is 11.4 Å². The summed E-state index contributed by atoms with van der Waals surface area (Å²) in [4.78, 5) is 11.8. The van der Waals surface area contributed by atoms with E-state index in [1.807, 2.05) is 24.3 Å². The summed E-state index contributed by atoms with van der Waals surface area (Å²) in [6.07, 6.45) is 0.999. The molecule has 0 saturated heterocycles. The smallest absolute Gasteiger partial charge is 0.224 e. The van der Waals surface area contributed by atoms with E-state index in [1.165, 1.54) is 0 Å². The summed E-state index contributed by atoms with van der Waals surface area (Å²) >= 11 is 5.97. The molecule has 100 valence electrons. The van der Waals surface area contributed by atoms with Gasteiger partial charge < -0.3 is 5.32 Å². The van der Waals surface area contributed by atoms with Gasteiger partial charge in [0.15, 0.2) is 0 Å². The lowest BCUT2D eigenvalue weighted by Gasteiger charge is -2.07. The highest BCUT2D eigenvalue weighted by molar-refractivity contribution is 6.33. The van der Waals surface area contributed by atoms with Crippen molar-refractivity contribution in [1.82, 2.24) is 0 Å². The number of amides is 1. The SMILES string of the molecule is N#Cc1ccc(CCC(=O)Nc2ccccc2Cl)cc1. The molecule has 0 fully saturated rings. The number of para-hydroxylation sites is 1. The molecule has 4 heteroatoms. The number of nitrogens with one attached hydrogen (secondary N) is 1. The summed E-state index contributed by atoms with van der Waals surface area (Å²) in [5.74, 6) is -0.0811. The van der Waals surface area contributed by atoms with E-state index in [4.69, 9.17) is 16.9 Å². The third-order valence-corrected chi connectivity index (χ3v) is 3.20. The van der Waals surface area contributed by atoms with Gasteiger partial charge in [0.25, 0.3) is 0 Å². The molecule has 0 atom stereocenters. The minimum atomic E-state index is -0.0811. The number of carbonyl (C=O) groups excluding carboxylic acids is 1. The second-order valence-electron chi connectivity index (χ2n) is 4.34. The van der Waals surface area contributed by atoms with E-state index >= 15 is 0 Å². The Morgan fingerprint density at radius 3 is 2.50 bits per heavy atom. The normalized spacial score (nSPS) is 9.80. The lowest BCUT2D eigenvalue weighted by Crippen LogP contribution is -2.12. The molecule has 0 unspecified atom stereocenters. The Hall–Kier alpha value is -2.31. The number of benzene rings is 2. The van der Waals surface area contributed by atoms with Crippen LogP contribution in [0.25, 0.3) is 0 Å². The van der Waals surface area contributed by atoms with Crippen molar-refractivity contribution in [2.24, 2.45) is 0 Å². The number of rotatable bonds is 4. The van der Waals surface area contributed by atoms with Crippen molar-refractivity contribution < 1.29 is 4.79 Å². The summed E-state index contributed by atoms with van der Waals surface area (Å²) in [6, 6.07) is 16.4. The first kappa shape index (κ1) is 14.1. The molecule has 1 N–H and O–H groups in total. The minimum Gasteiger partial charge on any atom is -0.325 e. The van der Waals surface area contributed by atoms with Crippen LogP contribution in [0.5, 0.6) is 0 Å². The largest absolute Gasteiger partial charge is 0.325 e. The van der Waals surface area contributed by atoms with Crippen LogP contribution in [-0.2, 0) is 11.2 Å². The molecule has 2 rings (SSSR count). The molecule has 2 aromatic carbocycles. The molecule has 0 spiro atoms. The van der Waals surface area contributed by atoms with Crippen LogP contribution in [0, 0.1) is 11.3 Å². The predicted octanol–water partition coefficient (Wildman–Crippen LogP) is 3.78. The number of aryl methyl sites for hydroxylation is 1. The quantitative estimate of drug-likeness (QED) is 0.929. The van der Waals surface area contributed by atoms with Crippen LogP contribution in [0.1, 0.15) is 17.5 Å². The first-order valence-corrected chi connectivity index (χ1v) is 6.60. The Morgan fingerprint density at radius 1 is 1.15 bits per heavy atom. The molecule has 0 aromatic heterocycles. The lowest BCUT2D eigenvalue weighted by atomic mass is 10.1. The maximum Gasteiger partial charge on any atom is 0.224 e. The molecule has 0 radical (unpaired) electrons. The summed E-state index contributed by atoms with van der Waals surface area (Å²) in [7, 11) is 0. The van der Waals surface area contributed by atoms with Crippen LogP contribution in [0.15, 0.2) is 48.5 Å². The first-order chi connectivity index (χ1) is 9.69. The average molecular weight is 285 g/mol. The number of hydrogen-bond acceptors (Lipinski definition) is 2. The van der Waals surface area contributed by atoms with Gasteiger partial charge >= 0.3 is 0 Å². The standard InChI is InChI=1S/C16H13ClN2O/c17-14-3-1-2-4-15(14)19-16(20)10-9-12-5-7-13(11-18)8-6-12/h1-8H,9-10H2,(H,19,20). The van der Waals surface area contributed by atoms with Crippen LogP contribution in [0.4, 0.5) is 5.69 Å². The molecule has 0 aliphatic heterocycles. The number of anilines is 1. The topological polar surface area (TPSA) is 52.9 Å². The van der Waals surface area contributed by atoms with Gasteiger partial charge in [0.1, 0.15) is 0 Å². The van der Waals surface area contributed by atoms with Crippen molar-refractivity contribution in [3.8, 4) is 6.07 Å². The van der Waals surface area contributed by atoms with Gasteiger partial charge in [-0.3, -0.25) is 4.79 Å². The number of carbonyl (C=O) groups is 1. The number of halogens is 1. The van der Waals surface area contributed by atoms with Gasteiger partial charge in [0, 0.05) is 6.42 Å². The summed E-state index contributed by atoms with van der Waals surface area (Å²) in [5.41, 5.74) is 2.27. The number of hydrogen-bond donors (Lipinski definition) is 1. The third kappa shape index (κ3) is 3.84. The summed E-state index contributed by atoms with van der Waals surface area (Å²) in [5, 5.41) is 12.0.